The number of nitrogens with zero attached hydrogens (tertiary/aromatic N) is 1. The highest BCUT2D eigenvalue weighted by atomic mass is 16.5. The molecule has 2 heterocycles. The lowest BCUT2D eigenvalue weighted by atomic mass is 10.2. The molecular formula is C18H16N2O4. The summed E-state index contributed by atoms with van der Waals surface area (Å²) in [6, 6.07) is 13.4. The highest BCUT2D eigenvalue weighted by Gasteiger charge is 2.11. The van der Waals surface area contributed by atoms with Crippen molar-refractivity contribution >= 4 is 16.9 Å². The Labute approximate surface area is 138 Å². The smallest absolute Gasteiger partial charge is 0.336 e. The average molecular weight is 324 g/mol. The monoisotopic (exact) mass is 324 g/mol. The largest absolute Gasteiger partial charge is 0.484 e. The highest BCUT2D eigenvalue weighted by Crippen LogP contribution is 2.19. The number of fused-ring (bicyclic) bond motifs is 1. The van der Waals surface area contributed by atoms with E-state index in [0.717, 1.165) is 11.1 Å². The number of carbonyl (C=O) groups excluding carboxylic acids is 1. The van der Waals surface area contributed by atoms with Crippen molar-refractivity contribution in [1.82, 2.24) is 10.3 Å². The predicted molar refractivity (Wildman–Crippen MR) is 88.8 cm³/mol. The van der Waals surface area contributed by atoms with Crippen LogP contribution in [-0.4, -0.2) is 17.5 Å². The Kier molecular flexibility index (Phi) is 4.56. The second-order valence-corrected chi connectivity index (χ2v) is 5.29. The predicted octanol–water partition coefficient (Wildman–Crippen LogP) is 2.44. The molecule has 0 aliphatic rings. The molecule has 1 N–H and O–H groups in total. The average Bonchev–Trinajstić information content (AvgIpc) is 2.60. The lowest BCUT2D eigenvalue weighted by molar-refractivity contribution is -0.123. The van der Waals surface area contributed by atoms with E-state index in [0.29, 0.717) is 11.3 Å². The lowest BCUT2D eigenvalue weighted by Gasteiger charge is -2.13. The maximum atomic E-state index is 12.0. The van der Waals surface area contributed by atoms with E-state index in [2.05, 4.69) is 10.3 Å². The molecule has 0 spiro atoms. The van der Waals surface area contributed by atoms with Gasteiger partial charge in [-0.3, -0.25) is 9.78 Å². The van der Waals surface area contributed by atoms with Crippen molar-refractivity contribution in [3.05, 3.63) is 70.8 Å². The topological polar surface area (TPSA) is 81.4 Å². The summed E-state index contributed by atoms with van der Waals surface area (Å²) in [6.07, 6.45) is 1.68. The maximum absolute atomic E-state index is 12.0. The molecule has 6 nitrogen and oxygen atoms in total. The number of hydrogen-bond donors (Lipinski definition) is 1. The van der Waals surface area contributed by atoms with Crippen molar-refractivity contribution in [2.24, 2.45) is 0 Å². The molecule has 1 atom stereocenters. The minimum atomic E-state index is -0.429. The number of nitrogens with one attached hydrogen (secondary N) is 1. The number of amides is 1. The number of pyridine rings is 1. The van der Waals surface area contributed by atoms with E-state index in [4.69, 9.17) is 9.15 Å². The number of benzene rings is 1. The number of ether oxygens (including phenoxy) is 1. The summed E-state index contributed by atoms with van der Waals surface area (Å²) in [5.74, 6) is 0.195. The summed E-state index contributed by atoms with van der Waals surface area (Å²) in [5.41, 5.74) is 0.766. The van der Waals surface area contributed by atoms with Crippen LogP contribution in [0.3, 0.4) is 0 Å². The van der Waals surface area contributed by atoms with Crippen molar-refractivity contribution < 1.29 is 13.9 Å². The van der Waals surface area contributed by atoms with Gasteiger partial charge >= 0.3 is 5.63 Å². The van der Waals surface area contributed by atoms with Gasteiger partial charge in [-0.25, -0.2) is 4.79 Å². The van der Waals surface area contributed by atoms with Crippen LogP contribution >= 0.6 is 0 Å². The van der Waals surface area contributed by atoms with Crippen molar-refractivity contribution in [3.8, 4) is 5.75 Å². The second kappa shape index (κ2) is 6.95. The molecule has 3 rings (SSSR count). The summed E-state index contributed by atoms with van der Waals surface area (Å²) >= 11 is 0. The molecule has 0 bridgehead atoms. The zero-order valence-corrected chi connectivity index (χ0v) is 13.1. The van der Waals surface area contributed by atoms with Gasteiger partial charge in [-0.1, -0.05) is 6.07 Å². The molecule has 0 aliphatic heterocycles. The van der Waals surface area contributed by atoms with Crippen LogP contribution in [-0.2, 0) is 4.79 Å². The van der Waals surface area contributed by atoms with Crippen LogP contribution in [0.2, 0.25) is 0 Å². The molecule has 24 heavy (non-hydrogen) atoms. The van der Waals surface area contributed by atoms with Gasteiger partial charge in [-0.15, -0.1) is 0 Å². The number of carbonyl (C=O) groups is 1. The molecule has 6 heteroatoms. The Hall–Kier alpha value is -3.15. The molecule has 0 aliphatic carbocycles. The molecule has 2 aromatic heterocycles. The van der Waals surface area contributed by atoms with Gasteiger partial charge in [0.1, 0.15) is 11.3 Å². The first kappa shape index (κ1) is 15.7. The van der Waals surface area contributed by atoms with Gasteiger partial charge in [0, 0.05) is 23.7 Å². The minimum absolute atomic E-state index is 0.139. The van der Waals surface area contributed by atoms with E-state index in [1.165, 1.54) is 6.07 Å². The first-order valence-corrected chi connectivity index (χ1v) is 7.49. The SMILES string of the molecule is CC(NC(=O)COc1ccc2ccc(=O)oc2c1)c1ccccn1. The maximum Gasteiger partial charge on any atom is 0.336 e. The molecular weight excluding hydrogens is 308 g/mol. The third-order valence-electron chi connectivity index (χ3n) is 3.47. The van der Waals surface area contributed by atoms with Crippen LogP contribution in [0.25, 0.3) is 11.0 Å². The van der Waals surface area contributed by atoms with Gasteiger partial charge in [0.25, 0.3) is 5.91 Å². The molecule has 3 aromatic rings. The zero-order chi connectivity index (χ0) is 16.9. The standard InChI is InChI=1S/C18H16N2O4/c1-12(15-4-2-3-9-19-15)20-17(21)11-23-14-7-5-13-6-8-18(22)24-16(13)10-14/h2-10,12H,11H2,1H3,(H,20,21). The third-order valence-corrected chi connectivity index (χ3v) is 3.47. The van der Waals surface area contributed by atoms with Gasteiger partial charge in [-0.2, -0.15) is 0 Å². The van der Waals surface area contributed by atoms with Gasteiger partial charge in [-0.05, 0) is 37.3 Å². The normalized spacial score (nSPS) is 11.9. The Balaban J connectivity index is 1.61. The quantitative estimate of drug-likeness (QED) is 0.729. The summed E-state index contributed by atoms with van der Waals surface area (Å²) < 4.78 is 10.5. The van der Waals surface area contributed by atoms with Gasteiger partial charge in [0.15, 0.2) is 6.61 Å². The molecule has 1 amide bonds. The molecule has 1 unspecified atom stereocenters. The summed E-state index contributed by atoms with van der Waals surface area (Å²) in [5, 5.41) is 3.60. The number of hydrogen-bond acceptors (Lipinski definition) is 5. The van der Waals surface area contributed by atoms with E-state index >= 15 is 0 Å². The molecule has 122 valence electrons. The van der Waals surface area contributed by atoms with Crippen LogP contribution < -0.4 is 15.7 Å². The van der Waals surface area contributed by atoms with Crippen LogP contribution in [0.4, 0.5) is 0 Å². The van der Waals surface area contributed by atoms with E-state index in [-0.39, 0.29) is 18.6 Å². The number of rotatable bonds is 5. The summed E-state index contributed by atoms with van der Waals surface area (Å²) in [6.45, 7) is 1.71. The minimum Gasteiger partial charge on any atom is -0.484 e. The van der Waals surface area contributed by atoms with Gasteiger partial charge in [0.05, 0.1) is 11.7 Å². The van der Waals surface area contributed by atoms with Gasteiger partial charge < -0.3 is 14.5 Å². The lowest BCUT2D eigenvalue weighted by Crippen LogP contribution is -2.31. The first-order valence-electron chi connectivity index (χ1n) is 7.49. The molecule has 0 fully saturated rings. The number of aromatic nitrogens is 1. The molecule has 0 radical (unpaired) electrons. The van der Waals surface area contributed by atoms with Crippen molar-refractivity contribution in [3.63, 3.8) is 0 Å². The van der Waals surface area contributed by atoms with Crippen molar-refractivity contribution in [2.45, 2.75) is 13.0 Å². The fourth-order valence-electron chi connectivity index (χ4n) is 2.27. The van der Waals surface area contributed by atoms with E-state index in [1.807, 2.05) is 25.1 Å². The summed E-state index contributed by atoms with van der Waals surface area (Å²) in [7, 11) is 0. The fraction of sp³-hybridized carbons (Fsp3) is 0.167. The Morgan fingerprint density at radius 2 is 2.08 bits per heavy atom. The van der Waals surface area contributed by atoms with E-state index in [9.17, 15) is 9.59 Å². The highest BCUT2D eigenvalue weighted by molar-refractivity contribution is 5.79. The van der Waals surface area contributed by atoms with Crippen LogP contribution in [0.1, 0.15) is 18.7 Å². The first-order chi connectivity index (χ1) is 11.6. The van der Waals surface area contributed by atoms with E-state index < -0.39 is 5.63 Å². The zero-order valence-electron chi connectivity index (χ0n) is 13.1. The van der Waals surface area contributed by atoms with Gasteiger partial charge in [0.2, 0.25) is 0 Å². The summed E-state index contributed by atoms with van der Waals surface area (Å²) in [4.78, 5) is 27.4. The fourth-order valence-corrected chi connectivity index (χ4v) is 2.27. The molecule has 1 aromatic carbocycles. The van der Waals surface area contributed by atoms with Crippen LogP contribution in [0.5, 0.6) is 5.75 Å². The second-order valence-electron chi connectivity index (χ2n) is 5.29. The Morgan fingerprint density at radius 1 is 1.25 bits per heavy atom. The van der Waals surface area contributed by atoms with E-state index in [1.54, 1.807) is 30.5 Å². The molecule has 0 saturated heterocycles. The molecule has 0 saturated carbocycles. The third kappa shape index (κ3) is 3.78. The Bertz CT molecular complexity index is 906. The Morgan fingerprint density at radius 3 is 2.88 bits per heavy atom. The van der Waals surface area contributed by atoms with Crippen LogP contribution in [0, 0.1) is 0 Å². The van der Waals surface area contributed by atoms with Crippen molar-refractivity contribution in [1.29, 1.82) is 0 Å². The van der Waals surface area contributed by atoms with Crippen molar-refractivity contribution in [2.75, 3.05) is 6.61 Å². The van der Waals surface area contributed by atoms with Crippen LogP contribution in [0.15, 0.2) is 63.9 Å².